The number of hydrogen-bond acceptors (Lipinski definition) is 5. The van der Waals surface area contributed by atoms with Crippen LogP contribution in [-0.4, -0.2) is 36.2 Å². The molecule has 1 aliphatic rings. The van der Waals surface area contributed by atoms with Crippen molar-refractivity contribution in [3.8, 4) is 11.5 Å². The maximum Gasteiger partial charge on any atom is 0.275 e. The van der Waals surface area contributed by atoms with Gasteiger partial charge in [0.1, 0.15) is 5.75 Å². The number of imide groups is 1. The van der Waals surface area contributed by atoms with E-state index in [1.165, 1.54) is 25.3 Å². The molecule has 0 saturated heterocycles. The van der Waals surface area contributed by atoms with E-state index in [-0.39, 0.29) is 22.6 Å². The fraction of sp³-hybridized carbons (Fsp3) is 0.125. The van der Waals surface area contributed by atoms with Gasteiger partial charge in [-0.25, -0.2) is 4.39 Å². The second kappa shape index (κ2) is 8.39. The van der Waals surface area contributed by atoms with E-state index in [4.69, 9.17) is 9.47 Å². The van der Waals surface area contributed by atoms with Crippen LogP contribution >= 0.6 is 0 Å². The number of ketones is 1. The minimum Gasteiger partial charge on any atom is -0.494 e. The highest BCUT2D eigenvalue weighted by Crippen LogP contribution is 2.32. The molecule has 0 N–H and O–H groups in total. The van der Waals surface area contributed by atoms with Crippen LogP contribution in [0, 0.1) is 5.82 Å². The van der Waals surface area contributed by atoms with Crippen LogP contribution in [0.2, 0.25) is 0 Å². The quantitative estimate of drug-likeness (QED) is 0.464. The minimum absolute atomic E-state index is 0.00931. The SMILES string of the molecule is COc1ccc(C(=O)CN2C(=O)c3ccccc3O[C@H](c3ccccc3)C2=O)cc1F. The first-order valence-corrected chi connectivity index (χ1v) is 9.52. The monoisotopic (exact) mass is 419 g/mol. The van der Waals surface area contributed by atoms with Gasteiger partial charge in [-0.15, -0.1) is 0 Å². The van der Waals surface area contributed by atoms with Crippen molar-refractivity contribution in [3.05, 3.63) is 95.3 Å². The maximum absolute atomic E-state index is 14.0. The van der Waals surface area contributed by atoms with Crippen LogP contribution in [0.4, 0.5) is 4.39 Å². The van der Waals surface area contributed by atoms with Gasteiger partial charge in [-0.1, -0.05) is 42.5 Å². The minimum atomic E-state index is -1.10. The van der Waals surface area contributed by atoms with E-state index in [1.807, 2.05) is 0 Å². The van der Waals surface area contributed by atoms with Crippen LogP contribution in [0.15, 0.2) is 72.8 Å². The van der Waals surface area contributed by atoms with E-state index in [1.54, 1.807) is 48.5 Å². The fourth-order valence-corrected chi connectivity index (χ4v) is 3.37. The van der Waals surface area contributed by atoms with Crippen molar-refractivity contribution >= 4 is 17.6 Å². The molecule has 3 aromatic rings. The number of nitrogens with zero attached hydrogens (tertiary/aromatic N) is 1. The molecule has 156 valence electrons. The van der Waals surface area contributed by atoms with Gasteiger partial charge in [-0.05, 0) is 30.3 Å². The van der Waals surface area contributed by atoms with E-state index >= 15 is 0 Å². The Kier molecular flexibility index (Phi) is 5.49. The molecule has 31 heavy (non-hydrogen) atoms. The van der Waals surface area contributed by atoms with Crippen LogP contribution < -0.4 is 9.47 Å². The Morgan fingerprint density at radius 3 is 2.45 bits per heavy atom. The first-order chi connectivity index (χ1) is 15.0. The van der Waals surface area contributed by atoms with Crippen LogP contribution in [0.25, 0.3) is 0 Å². The number of carbonyl (C=O) groups excluding carboxylic acids is 3. The van der Waals surface area contributed by atoms with Gasteiger partial charge in [0, 0.05) is 11.1 Å². The smallest absolute Gasteiger partial charge is 0.275 e. The highest BCUT2D eigenvalue weighted by Gasteiger charge is 2.38. The van der Waals surface area contributed by atoms with Crippen molar-refractivity contribution in [3.63, 3.8) is 0 Å². The van der Waals surface area contributed by atoms with Crippen molar-refractivity contribution in [1.29, 1.82) is 0 Å². The summed E-state index contributed by atoms with van der Waals surface area (Å²) in [6.07, 6.45) is -1.10. The molecule has 1 atom stereocenters. The number of hydrogen-bond donors (Lipinski definition) is 0. The van der Waals surface area contributed by atoms with Crippen LogP contribution in [-0.2, 0) is 4.79 Å². The Morgan fingerprint density at radius 2 is 1.74 bits per heavy atom. The number of benzene rings is 3. The van der Waals surface area contributed by atoms with Gasteiger partial charge in [0.15, 0.2) is 17.3 Å². The molecule has 0 saturated carbocycles. The molecule has 6 nitrogen and oxygen atoms in total. The van der Waals surface area contributed by atoms with Gasteiger partial charge in [0.05, 0.1) is 19.2 Å². The molecule has 2 amide bonds. The third kappa shape index (κ3) is 3.90. The molecule has 0 spiro atoms. The summed E-state index contributed by atoms with van der Waals surface area (Å²) in [5.74, 6) is -2.38. The molecule has 0 bridgehead atoms. The third-order valence-electron chi connectivity index (χ3n) is 4.98. The number of carbonyl (C=O) groups is 3. The van der Waals surface area contributed by atoms with E-state index < -0.39 is 36.1 Å². The average molecular weight is 419 g/mol. The first-order valence-electron chi connectivity index (χ1n) is 9.52. The highest BCUT2D eigenvalue weighted by atomic mass is 19.1. The fourth-order valence-electron chi connectivity index (χ4n) is 3.37. The second-order valence-electron chi connectivity index (χ2n) is 6.91. The van der Waals surface area contributed by atoms with E-state index in [2.05, 4.69) is 0 Å². The standard InChI is InChI=1S/C24H18FNO5/c1-30-21-12-11-16(13-18(21)25)19(27)14-26-23(28)17-9-5-6-10-20(17)31-22(24(26)29)15-7-3-2-4-8-15/h2-13,22H,14H2,1H3/t22-/m1/s1. The summed E-state index contributed by atoms with van der Waals surface area (Å²) in [5.41, 5.74) is 0.738. The summed E-state index contributed by atoms with van der Waals surface area (Å²) in [5, 5.41) is 0. The van der Waals surface area contributed by atoms with Crippen molar-refractivity contribution in [2.75, 3.05) is 13.7 Å². The second-order valence-corrected chi connectivity index (χ2v) is 6.91. The molecule has 0 aliphatic carbocycles. The molecule has 1 heterocycles. The molecule has 0 aromatic heterocycles. The lowest BCUT2D eigenvalue weighted by Crippen LogP contribution is -2.42. The number of fused-ring (bicyclic) bond motifs is 1. The topological polar surface area (TPSA) is 72.9 Å². The summed E-state index contributed by atoms with van der Waals surface area (Å²) in [6.45, 7) is -0.551. The van der Waals surface area contributed by atoms with Gasteiger partial charge in [0.2, 0.25) is 6.10 Å². The number of halogens is 1. The number of rotatable bonds is 5. The molecular formula is C24H18FNO5. The number of para-hydroxylation sites is 1. The Hall–Kier alpha value is -4.00. The van der Waals surface area contributed by atoms with Gasteiger partial charge in [0.25, 0.3) is 11.8 Å². The lowest BCUT2D eigenvalue weighted by atomic mass is 10.1. The summed E-state index contributed by atoms with van der Waals surface area (Å²) in [6, 6.07) is 18.9. The van der Waals surface area contributed by atoms with Crippen LogP contribution in [0.1, 0.15) is 32.4 Å². The Bertz CT molecular complexity index is 1160. The number of methoxy groups -OCH3 is 1. The zero-order valence-electron chi connectivity index (χ0n) is 16.6. The normalized spacial score (nSPS) is 15.7. The van der Waals surface area contributed by atoms with Gasteiger partial charge in [-0.3, -0.25) is 19.3 Å². The van der Waals surface area contributed by atoms with Crippen molar-refractivity contribution in [2.24, 2.45) is 0 Å². The number of ether oxygens (including phenoxy) is 2. The van der Waals surface area contributed by atoms with Gasteiger partial charge < -0.3 is 9.47 Å². The molecule has 1 aliphatic heterocycles. The predicted molar refractivity (Wildman–Crippen MR) is 110 cm³/mol. The zero-order valence-corrected chi connectivity index (χ0v) is 16.6. The summed E-state index contributed by atoms with van der Waals surface area (Å²) >= 11 is 0. The molecule has 0 fully saturated rings. The predicted octanol–water partition coefficient (Wildman–Crippen LogP) is 3.82. The Morgan fingerprint density at radius 1 is 1.03 bits per heavy atom. The molecular weight excluding hydrogens is 401 g/mol. The lowest BCUT2D eigenvalue weighted by Gasteiger charge is -2.22. The van der Waals surface area contributed by atoms with Crippen molar-refractivity contribution in [2.45, 2.75) is 6.10 Å². The molecule has 7 heteroatoms. The molecule has 4 rings (SSSR count). The maximum atomic E-state index is 14.0. The zero-order chi connectivity index (χ0) is 22.0. The Balaban J connectivity index is 1.71. The largest absolute Gasteiger partial charge is 0.494 e. The van der Waals surface area contributed by atoms with E-state index in [9.17, 15) is 18.8 Å². The molecule has 3 aromatic carbocycles. The van der Waals surface area contributed by atoms with Gasteiger partial charge >= 0.3 is 0 Å². The van der Waals surface area contributed by atoms with Crippen molar-refractivity contribution in [1.82, 2.24) is 4.90 Å². The van der Waals surface area contributed by atoms with E-state index in [0.717, 1.165) is 11.0 Å². The summed E-state index contributed by atoms with van der Waals surface area (Å²) in [7, 11) is 1.32. The highest BCUT2D eigenvalue weighted by molar-refractivity contribution is 6.12. The average Bonchev–Trinajstić information content (AvgIpc) is 2.90. The lowest BCUT2D eigenvalue weighted by molar-refractivity contribution is -0.135. The Labute approximate surface area is 177 Å². The van der Waals surface area contributed by atoms with Crippen LogP contribution in [0.3, 0.4) is 0 Å². The van der Waals surface area contributed by atoms with Crippen molar-refractivity contribution < 1.29 is 28.2 Å². The first kappa shape index (κ1) is 20.3. The number of Topliss-reactive ketones (excluding diaryl/α,β-unsaturated/α-hetero) is 1. The van der Waals surface area contributed by atoms with E-state index in [0.29, 0.717) is 5.56 Å². The van der Waals surface area contributed by atoms with Gasteiger partial charge in [-0.2, -0.15) is 0 Å². The summed E-state index contributed by atoms with van der Waals surface area (Å²) < 4.78 is 24.8. The number of amides is 2. The molecule has 0 radical (unpaired) electrons. The van der Waals surface area contributed by atoms with Crippen LogP contribution in [0.5, 0.6) is 11.5 Å². The summed E-state index contributed by atoms with van der Waals surface area (Å²) in [4.78, 5) is 40.1. The third-order valence-corrected chi connectivity index (χ3v) is 4.98. The molecule has 0 unspecified atom stereocenters.